The highest BCUT2D eigenvalue weighted by atomic mass is 16.8. The number of hydrogen-bond donors (Lipinski definition) is 5. The molecule has 0 aromatic carbocycles. The number of rotatable bonds is 9. The van der Waals surface area contributed by atoms with Gasteiger partial charge < -0.3 is 54.0 Å². The maximum absolute atomic E-state index is 10.6. The van der Waals surface area contributed by atoms with Crippen molar-refractivity contribution >= 4 is 0 Å². The molecule has 0 aromatic rings. The van der Waals surface area contributed by atoms with Crippen molar-refractivity contribution in [2.75, 3.05) is 27.4 Å². The number of hydrogen-bond acceptors (Lipinski definition) is 11. The van der Waals surface area contributed by atoms with Gasteiger partial charge in [0.05, 0.1) is 19.3 Å². The third-order valence-corrected chi connectivity index (χ3v) is 5.21. The van der Waals surface area contributed by atoms with Crippen molar-refractivity contribution in [3.8, 4) is 0 Å². The van der Waals surface area contributed by atoms with Crippen molar-refractivity contribution in [2.24, 2.45) is 0 Å². The van der Waals surface area contributed by atoms with Crippen LogP contribution in [0.25, 0.3) is 0 Å². The standard InChI is InChI=1S/C18H34O11/c1-5-8(2)26-18-16(14(22)12(20)10(28-18)7-25-4)29-17-15(23)13(21)11(19)9(27-17)6-24-3/h8-23H,5-7H2,1-4H3/t8?,9?,10?,11-,12-,13?,14?,15+,16+,17+,18-/m1/s1. The maximum atomic E-state index is 10.6. The molecule has 5 unspecified atom stereocenters. The van der Waals surface area contributed by atoms with E-state index >= 15 is 0 Å². The highest BCUT2D eigenvalue weighted by Crippen LogP contribution is 2.30. The largest absolute Gasteiger partial charge is 0.387 e. The van der Waals surface area contributed by atoms with Crippen molar-refractivity contribution in [3.05, 3.63) is 0 Å². The van der Waals surface area contributed by atoms with Gasteiger partial charge in [-0.25, -0.2) is 0 Å². The van der Waals surface area contributed by atoms with Crippen LogP contribution in [0.2, 0.25) is 0 Å². The summed E-state index contributed by atoms with van der Waals surface area (Å²) < 4.78 is 32.7. The van der Waals surface area contributed by atoms with E-state index in [-0.39, 0.29) is 19.3 Å². The Kier molecular flexibility index (Phi) is 9.64. The van der Waals surface area contributed by atoms with E-state index in [9.17, 15) is 25.5 Å². The molecule has 2 rings (SSSR count). The minimum Gasteiger partial charge on any atom is -0.387 e. The molecule has 2 aliphatic heterocycles. The molecular formula is C18H34O11. The smallest absolute Gasteiger partial charge is 0.187 e. The predicted molar refractivity (Wildman–Crippen MR) is 96.8 cm³/mol. The van der Waals surface area contributed by atoms with Gasteiger partial charge in [-0.15, -0.1) is 0 Å². The van der Waals surface area contributed by atoms with Crippen molar-refractivity contribution in [1.29, 1.82) is 0 Å². The molecule has 5 N–H and O–H groups in total. The van der Waals surface area contributed by atoms with E-state index in [0.717, 1.165) is 0 Å². The lowest BCUT2D eigenvalue weighted by Crippen LogP contribution is -2.65. The molecule has 172 valence electrons. The molecule has 0 amide bonds. The predicted octanol–water partition coefficient (Wildman–Crippen LogP) is -2.27. The molecule has 0 saturated carbocycles. The summed E-state index contributed by atoms with van der Waals surface area (Å²) in [7, 11) is 2.83. The Morgan fingerprint density at radius 3 is 1.79 bits per heavy atom. The fraction of sp³-hybridized carbons (Fsp3) is 1.00. The first-order chi connectivity index (χ1) is 13.7. The number of methoxy groups -OCH3 is 2. The summed E-state index contributed by atoms with van der Waals surface area (Å²) >= 11 is 0. The van der Waals surface area contributed by atoms with Crippen LogP contribution in [0.4, 0.5) is 0 Å². The third kappa shape index (κ3) is 5.83. The first-order valence-electron chi connectivity index (χ1n) is 9.75. The molecule has 0 spiro atoms. The van der Waals surface area contributed by atoms with Crippen LogP contribution in [0.15, 0.2) is 0 Å². The van der Waals surface area contributed by atoms with Gasteiger partial charge in [-0.1, -0.05) is 6.92 Å². The zero-order chi connectivity index (χ0) is 21.7. The van der Waals surface area contributed by atoms with E-state index in [4.69, 9.17) is 28.4 Å². The van der Waals surface area contributed by atoms with E-state index in [0.29, 0.717) is 6.42 Å². The van der Waals surface area contributed by atoms with Crippen molar-refractivity contribution in [1.82, 2.24) is 0 Å². The molecule has 2 heterocycles. The van der Waals surface area contributed by atoms with Crippen LogP contribution in [0.5, 0.6) is 0 Å². The van der Waals surface area contributed by atoms with E-state index in [2.05, 4.69) is 0 Å². The summed E-state index contributed by atoms with van der Waals surface area (Å²) in [6.07, 6.45) is -12.5. The molecule has 2 saturated heterocycles. The van der Waals surface area contributed by atoms with Crippen molar-refractivity contribution < 1.29 is 54.0 Å². The minimum atomic E-state index is -1.61. The van der Waals surface area contributed by atoms with Crippen LogP contribution in [0.1, 0.15) is 20.3 Å². The monoisotopic (exact) mass is 426 g/mol. The SMILES string of the molecule is CCC(C)O[C@@H]1OC(COC)[C@@H](O)C(O)[C@@H]1O[C@@H]1OC(COC)[C@@H](O)C(O)[C@@H]1O. The molecule has 0 aromatic heterocycles. The van der Waals surface area contributed by atoms with Gasteiger partial charge in [-0.3, -0.25) is 0 Å². The first kappa shape index (κ1) is 24.8. The van der Waals surface area contributed by atoms with Gasteiger partial charge >= 0.3 is 0 Å². The second-order valence-corrected chi connectivity index (χ2v) is 7.41. The van der Waals surface area contributed by atoms with E-state index in [1.807, 2.05) is 13.8 Å². The van der Waals surface area contributed by atoms with E-state index in [1.54, 1.807) is 0 Å². The van der Waals surface area contributed by atoms with Gasteiger partial charge in [0, 0.05) is 14.2 Å². The number of aliphatic hydroxyl groups is 5. The minimum absolute atomic E-state index is 0.0225. The maximum Gasteiger partial charge on any atom is 0.187 e. The molecule has 11 atom stereocenters. The van der Waals surface area contributed by atoms with Crippen LogP contribution in [-0.2, 0) is 28.4 Å². The van der Waals surface area contributed by atoms with Gasteiger partial charge in [-0.05, 0) is 13.3 Å². The Morgan fingerprint density at radius 2 is 1.28 bits per heavy atom. The van der Waals surface area contributed by atoms with Gasteiger partial charge in [-0.2, -0.15) is 0 Å². The average Bonchev–Trinajstić information content (AvgIpc) is 2.70. The summed E-state index contributed by atoms with van der Waals surface area (Å²) in [5.74, 6) is 0. The molecule has 11 nitrogen and oxygen atoms in total. The molecule has 11 heteroatoms. The fourth-order valence-electron chi connectivity index (χ4n) is 3.27. The summed E-state index contributed by atoms with van der Waals surface area (Å²) in [5, 5.41) is 51.4. The van der Waals surface area contributed by atoms with Gasteiger partial charge in [0.1, 0.15) is 48.8 Å². The zero-order valence-electron chi connectivity index (χ0n) is 17.2. The van der Waals surface area contributed by atoms with Crippen molar-refractivity contribution in [2.45, 2.75) is 87.8 Å². The lowest BCUT2D eigenvalue weighted by molar-refractivity contribution is -0.371. The van der Waals surface area contributed by atoms with Crippen molar-refractivity contribution in [3.63, 3.8) is 0 Å². The van der Waals surface area contributed by atoms with Gasteiger partial charge in [0.2, 0.25) is 0 Å². The molecule has 0 bridgehead atoms. The average molecular weight is 426 g/mol. The third-order valence-electron chi connectivity index (χ3n) is 5.21. The van der Waals surface area contributed by atoms with Crippen LogP contribution < -0.4 is 0 Å². The van der Waals surface area contributed by atoms with Gasteiger partial charge in [0.15, 0.2) is 12.6 Å². The first-order valence-corrected chi connectivity index (χ1v) is 9.75. The lowest BCUT2D eigenvalue weighted by atomic mass is 9.97. The molecule has 2 aliphatic rings. The summed E-state index contributed by atoms with van der Waals surface area (Å²) in [6, 6.07) is 0. The van der Waals surface area contributed by atoms with Gasteiger partial charge in [0.25, 0.3) is 0 Å². The van der Waals surface area contributed by atoms with Crippen LogP contribution in [-0.4, -0.2) is 120 Å². The highest BCUT2D eigenvalue weighted by Gasteiger charge is 2.51. The second kappa shape index (κ2) is 11.3. The van der Waals surface area contributed by atoms with E-state index < -0.39 is 61.4 Å². The quantitative estimate of drug-likeness (QED) is 0.271. The molecule has 2 fully saturated rings. The Morgan fingerprint density at radius 1 is 0.759 bits per heavy atom. The number of ether oxygens (including phenoxy) is 6. The Bertz CT molecular complexity index is 481. The molecule has 0 radical (unpaired) electrons. The zero-order valence-corrected chi connectivity index (χ0v) is 17.2. The topological polar surface area (TPSA) is 157 Å². The van der Waals surface area contributed by atoms with E-state index in [1.165, 1.54) is 14.2 Å². The molecular weight excluding hydrogens is 392 g/mol. The van der Waals surface area contributed by atoms with Crippen LogP contribution in [0, 0.1) is 0 Å². The second-order valence-electron chi connectivity index (χ2n) is 7.41. The number of aliphatic hydroxyl groups excluding tert-OH is 5. The Balaban J connectivity index is 2.18. The summed E-state index contributed by atoms with van der Waals surface area (Å²) in [5.41, 5.74) is 0. The van der Waals surface area contributed by atoms with Crippen LogP contribution >= 0.6 is 0 Å². The van der Waals surface area contributed by atoms with Crippen LogP contribution in [0.3, 0.4) is 0 Å². The normalized spacial score (nSPS) is 44.6. The Hall–Kier alpha value is -0.440. The summed E-state index contributed by atoms with van der Waals surface area (Å²) in [4.78, 5) is 0. The highest BCUT2D eigenvalue weighted by molar-refractivity contribution is 4.94. The fourth-order valence-corrected chi connectivity index (χ4v) is 3.27. The molecule has 0 aliphatic carbocycles. The molecule has 29 heavy (non-hydrogen) atoms. The summed E-state index contributed by atoms with van der Waals surface area (Å²) in [6.45, 7) is 3.68. The Labute approximate surface area is 170 Å². The lowest BCUT2D eigenvalue weighted by Gasteiger charge is -2.46.